The van der Waals surface area contributed by atoms with Crippen molar-refractivity contribution >= 4 is 17.6 Å². The number of rotatable bonds is 7. The quantitative estimate of drug-likeness (QED) is 0.331. The highest BCUT2D eigenvalue weighted by Crippen LogP contribution is 2.22. The Labute approximate surface area is 120 Å². The van der Waals surface area contributed by atoms with Crippen LogP contribution in [0.4, 0.5) is 5.69 Å². The van der Waals surface area contributed by atoms with Crippen LogP contribution in [0.15, 0.2) is 43.5 Å². The third-order valence-electron chi connectivity index (χ3n) is 2.31. The third kappa shape index (κ3) is 4.27. The number of ether oxygens (including phenoxy) is 2. The van der Waals surface area contributed by atoms with E-state index < -0.39 is 22.5 Å². The first-order valence-electron chi connectivity index (χ1n) is 5.85. The van der Waals surface area contributed by atoms with Gasteiger partial charge >= 0.3 is 11.9 Å². The van der Waals surface area contributed by atoms with Crippen LogP contribution in [-0.2, 0) is 9.47 Å². The number of benzene rings is 1. The fourth-order valence-corrected chi connectivity index (χ4v) is 1.41. The maximum atomic E-state index is 11.7. The molecule has 21 heavy (non-hydrogen) atoms. The maximum Gasteiger partial charge on any atom is 0.345 e. The van der Waals surface area contributed by atoms with E-state index in [4.69, 9.17) is 9.47 Å². The molecule has 110 valence electrons. The normalized spacial score (nSPS) is 9.52. The van der Waals surface area contributed by atoms with Crippen LogP contribution in [0.1, 0.15) is 20.7 Å². The van der Waals surface area contributed by atoms with Crippen molar-refractivity contribution in [3.8, 4) is 0 Å². The van der Waals surface area contributed by atoms with Crippen molar-refractivity contribution in [1.29, 1.82) is 0 Å². The molecule has 0 heterocycles. The zero-order chi connectivity index (χ0) is 15.8. The average molecular weight is 291 g/mol. The lowest BCUT2D eigenvalue weighted by molar-refractivity contribution is -0.385. The lowest BCUT2D eigenvalue weighted by Crippen LogP contribution is -2.11. The fourth-order valence-electron chi connectivity index (χ4n) is 1.41. The molecule has 7 nitrogen and oxygen atoms in total. The summed E-state index contributed by atoms with van der Waals surface area (Å²) >= 11 is 0. The van der Waals surface area contributed by atoms with Crippen LogP contribution in [0.5, 0.6) is 0 Å². The van der Waals surface area contributed by atoms with Crippen molar-refractivity contribution in [3.63, 3.8) is 0 Å². The molecule has 1 aromatic rings. The molecular formula is C14H13NO6. The molecule has 7 heteroatoms. The average Bonchev–Trinajstić information content (AvgIpc) is 2.49. The Bertz CT molecular complexity index is 593. The molecule has 0 fully saturated rings. The molecule has 0 saturated heterocycles. The third-order valence-corrected chi connectivity index (χ3v) is 2.31. The number of hydrogen-bond acceptors (Lipinski definition) is 6. The molecule has 0 unspecified atom stereocenters. The Morgan fingerprint density at radius 3 is 2.24 bits per heavy atom. The molecule has 0 atom stereocenters. The number of hydrogen-bond donors (Lipinski definition) is 0. The first-order chi connectivity index (χ1) is 10.0. The molecule has 0 aliphatic carbocycles. The van der Waals surface area contributed by atoms with Gasteiger partial charge < -0.3 is 9.47 Å². The van der Waals surface area contributed by atoms with Crippen LogP contribution < -0.4 is 0 Å². The number of esters is 2. The zero-order valence-corrected chi connectivity index (χ0v) is 11.1. The van der Waals surface area contributed by atoms with Crippen molar-refractivity contribution < 1.29 is 24.0 Å². The molecule has 1 rings (SSSR count). The Hall–Kier alpha value is -2.96. The van der Waals surface area contributed by atoms with E-state index >= 15 is 0 Å². The second-order valence-corrected chi connectivity index (χ2v) is 3.76. The van der Waals surface area contributed by atoms with Gasteiger partial charge in [0.15, 0.2) is 0 Å². The van der Waals surface area contributed by atoms with Gasteiger partial charge in [0.05, 0.1) is 10.5 Å². The molecule has 0 amide bonds. The summed E-state index contributed by atoms with van der Waals surface area (Å²) < 4.78 is 9.51. The highest BCUT2D eigenvalue weighted by Gasteiger charge is 2.23. The monoisotopic (exact) mass is 291 g/mol. The lowest BCUT2D eigenvalue weighted by atomic mass is 10.1. The van der Waals surface area contributed by atoms with Gasteiger partial charge in [0.2, 0.25) is 0 Å². The topological polar surface area (TPSA) is 95.7 Å². The summed E-state index contributed by atoms with van der Waals surface area (Å²) in [6, 6.07) is 3.37. The van der Waals surface area contributed by atoms with E-state index in [1.165, 1.54) is 18.2 Å². The van der Waals surface area contributed by atoms with Gasteiger partial charge in [-0.2, -0.15) is 0 Å². The van der Waals surface area contributed by atoms with Crippen molar-refractivity contribution in [1.82, 2.24) is 0 Å². The second-order valence-electron chi connectivity index (χ2n) is 3.76. The van der Waals surface area contributed by atoms with Gasteiger partial charge in [0.1, 0.15) is 18.8 Å². The van der Waals surface area contributed by atoms with Gasteiger partial charge in [-0.15, -0.1) is 0 Å². The van der Waals surface area contributed by atoms with E-state index in [9.17, 15) is 19.7 Å². The molecule has 0 radical (unpaired) electrons. The van der Waals surface area contributed by atoms with Gasteiger partial charge in [0, 0.05) is 6.07 Å². The first-order valence-corrected chi connectivity index (χ1v) is 5.85. The summed E-state index contributed by atoms with van der Waals surface area (Å²) in [7, 11) is 0. The van der Waals surface area contributed by atoms with Crippen molar-refractivity contribution in [3.05, 3.63) is 64.8 Å². The van der Waals surface area contributed by atoms with Crippen LogP contribution in [-0.4, -0.2) is 30.1 Å². The van der Waals surface area contributed by atoms with Gasteiger partial charge in [-0.25, -0.2) is 9.59 Å². The fraction of sp³-hybridized carbons (Fsp3) is 0.143. The van der Waals surface area contributed by atoms with E-state index in [2.05, 4.69) is 13.2 Å². The largest absolute Gasteiger partial charge is 0.458 e. The lowest BCUT2D eigenvalue weighted by Gasteiger charge is -2.05. The predicted octanol–water partition coefficient (Wildman–Crippen LogP) is 2.28. The first kappa shape index (κ1) is 16.1. The van der Waals surface area contributed by atoms with Crippen LogP contribution in [0, 0.1) is 10.1 Å². The summed E-state index contributed by atoms with van der Waals surface area (Å²) in [4.78, 5) is 33.5. The summed E-state index contributed by atoms with van der Waals surface area (Å²) in [6.07, 6.45) is 2.71. The zero-order valence-electron chi connectivity index (χ0n) is 11.1. The number of nitro groups is 1. The predicted molar refractivity (Wildman–Crippen MR) is 74.1 cm³/mol. The summed E-state index contributed by atoms with van der Waals surface area (Å²) in [6.45, 7) is 6.66. The van der Waals surface area contributed by atoms with Gasteiger partial charge in [-0.1, -0.05) is 25.3 Å². The molecule has 0 bridgehead atoms. The SMILES string of the molecule is C=CCOC(=O)c1ccc(C(=O)OCC=C)c([N+](=O)[O-])c1. The smallest absolute Gasteiger partial charge is 0.345 e. The number of nitrogens with zero attached hydrogens (tertiary/aromatic N) is 1. The molecule has 0 aliphatic rings. The summed E-state index contributed by atoms with van der Waals surface area (Å²) in [5.74, 6) is -1.61. The van der Waals surface area contributed by atoms with Gasteiger partial charge in [0.25, 0.3) is 5.69 Å². The molecule has 0 spiro atoms. The molecule has 0 aromatic heterocycles. The minimum Gasteiger partial charge on any atom is -0.458 e. The van der Waals surface area contributed by atoms with E-state index in [0.717, 1.165) is 12.1 Å². The van der Waals surface area contributed by atoms with Gasteiger partial charge in [-0.3, -0.25) is 10.1 Å². The van der Waals surface area contributed by atoms with Crippen molar-refractivity contribution in [2.24, 2.45) is 0 Å². The Kier molecular flexibility index (Phi) is 5.81. The highest BCUT2D eigenvalue weighted by atomic mass is 16.6. The van der Waals surface area contributed by atoms with Gasteiger partial charge in [-0.05, 0) is 12.1 Å². The van der Waals surface area contributed by atoms with Crippen LogP contribution in [0.3, 0.4) is 0 Å². The van der Waals surface area contributed by atoms with Crippen molar-refractivity contribution in [2.45, 2.75) is 0 Å². The highest BCUT2D eigenvalue weighted by molar-refractivity contribution is 5.97. The molecule has 1 aromatic carbocycles. The molecule has 0 N–H and O–H groups in total. The molecule has 0 aliphatic heterocycles. The molecule has 0 saturated carbocycles. The number of carbonyl (C=O) groups is 2. The van der Waals surface area contributed by atoms with E-state index in [1.54, 1.807) is 0 Å². The standard InChI is InChI=1S/C14H13NO6/c1-3-7-20-13(16)10-5-6-11(12(9-10)15(18)19)14(17)21-8-4-2/h3-6,9H,1-2,7-8H2. The van der Waals surface area contributed by atoms with Crippen LogP contribution >= 0.6 is 0 Å². The Morgan fingerprint density at radius 1 is 1.14 bits per heavy atom. The maximum absolute atomic E-state index is 11.7. The Balaban J connectivity index is 3.09. The van der Waals surface area contributed by atoms with Crippen LogP contribution in [0.2, 0.25) is 0 Å². The van der Waals surface area contributed by atoms with E-state index in [0.29, 0.717) is 0 Å². The Morgan fingerprint density at radius 2 is 1.71 bits per heavy atom. The molecular weight excluding hydrogens is 278 g/mol. The summed E-state index contributed by atoms with van der Waals surface area (Å²) in [5, 5.41) is 11.0. The van der Waals surface area contributed by atoms with Crippen molar-refractivity contribution in [2.75, 3.05) is 13.2 Å². The minimum atomic E-state index is -0.868. The van der Waals surface area contributed by atoms with E-state index in [1.807, 2.05) is 0 Å². The minimum absolute atomic E-state index is 0.0181. The number of nitro benzene ring substituents is 1. The van der Waals surface area contributed by atoms with Crippen LogP contribution in [0.25, 0.3) is 0 Å². The summed E-state index contributed by atoms with van der Waals surface area (Å²) in [5.41, 5.74) is -0.817. The number of carbonyl (C=O) groups excluding carboxylic acids is 2. The van der Waals surface area contributed by atoms with E-state index in [-0.39, 0.29) is 24.3 Å². The second kappa shape index (κ2) is 7.59.